The van der Waals surface area contributed by atoms with E-state index in [1.54, 1.807) is 12.1 Å². The Labute approximate surface area is 183 Å². The molecule has 1 N–H and O–H groups in total. The van der Waals surface area contributed by atoms with Crippen molar-refractivity contribution in [1.82, 2.24) is 12.9 Å². The number of rotatable bonds is 4. The minimum atomic E-state index is -3.75. The number of fused-ring (bicyclic) bond motifs is 1. The van der Waals surface area contributed by atoms with Crippen molar-refractivity contribution < 1.29 is 26.4 Å². The maximum absolute atomic E-state index is 13.1. The number of nitrogens with zero attached hydrogens (tertiary/aromatic N) is 3. The number of carbonyl (C=O) groups is 1. The van der Waals surface area contributed by atoms with Gasteiger partial charge in [0, 0.05) is 51.4 Å². The number of hydrogen-bond donors (Lipinski definition) is 1. The summed E-state index contributed by atoms with van der Waals surface area (Å²) in [7, 11) is -7.43. The van der Waals surface area contributed by atoms with Crippen LogP contribution in [0.2, 0.25) is 0 Å². The number of morpholine rings is 1. The highest BCUT2D eigenvalue weighted by atomic mass is 32.2. The van der Waals surface area contributed by atoms with E-state index < -0.39 is 20.2 Å². The van der Waals surface area contributed by atoms with Gasteiger partial charge in [-0.3, -0.25) is 4.79 Å². The summed E-state index contributed by atoms with van der Waals surface area (Å²) in [6, 6.07) is 4.70. The Morgan fingerprint density at radius 1 is 0.903 bits per heavy atom. The van der Waals surface area contributed by atoms with E-state index >= 15 is 0 Å². The Morgan fingerprint density at radius 2 is 1.52 bits per heavy atom. The Balaban J connectivity index is 1.45. The van der Waals surface area contributed by atoms with Crippen LogP contribution in [0.1, 0.15) is 25.8 Å². The molecule has 3 aliphatic heterocycles. The van der Waals surface area contributed by atoms with Crippen molar-refractivity contribution in [3.63, 3.8) is 0 Å². The number of amides is 1. The van der Waals surface area contributed by atoms with Crippen molar-refractivity contribution >= 4 is 31.8 Å². The van der Waals surface area contributed by atoms with Gasteiger partial charge in [-0.15, -0.1) is 0 Å². The monoisotopic (exact) mass is 472 g/mol. The molecule has 2 fully saturated rings. The quantitative estimate of drug-likeness (QED) is 0.671. The molecule has 0 saturated carbocycles. The molecule has 10 nitrogen and oxygen atoms in total. The van der Waals surface area contributed by atoms with E-state index in [0.29, 0.717) is 18.5 Å². The zero-order valence-corrected chi connectivity index (χ0v) is 19.3. The molecule has 0 radical (unpaired) electrons. The summed E-state index contributed by atoms with van der Waals surface area (Å²) < 4.78 is 62.1. The summed E-state index contributed by atoms with van der Waals surface area (Å²) in [5, 5.41) is 2.74. The summed E-state index contributed by atoms with van der Waals surface area (Å²) in [4.78, 5) is 11.7. The lowest BCUT2D eigenvalue weighted by atomic mass is 10.0. The van der Waals surface area contributed by atoms with Gasteiger partial charge >= 0.3 is 0 Å². The average Bonchev–Trinajstić information content (AvgIpc) is 2.72. The highest BCUT2D eigenvalue weighted by molar-refractivity contribution is 7.89. The molecular weight excluding hydrogens is 444 g/mol. The fourth-order valence-electron chi connectivity index (χ4n) is 4.29. The molecule has 0 spiro atoms. The van der Waals surface area contributed by atoms with Gasteiger partial charge in [0.2, 0.25) is 15.9 Å². The Bertz CT molecular complexity index is 1060. The first-order valence-electron chi connectivity index (χ1n) is 10.4. The average molecular weight is 473 g/mol. The molecule has 0 aliphatic carbocycles. The predicted molar refractivity (Wildman–Crippen MR) is 114 cm³/mol. The molecule has 1 amide bonds. The minimum Gasteiger partial charge on any atom is -0.373 e. The molecule has 1 aromatic rings. The van der Waals surface area contributed by atoms with Crippen molar-refractivity contribution in [2.75, 3.05) is 44.6 Å². The first-order chi connectivity index (χ1) is 14.6. The van der Waals surface area contributed by atoms with Gasteiger partial charge < -0.3 is 10.1 Å². The van der Waals surface area contributed by atoms with E-state index in [-0.39, 0.29) is 62.3 Å². The van der Waals surface area contributed by atoms with Crippen molar-refractivity contribution in [3.8, 4) is 0 Å². The van der Waals surface area contributed by atoms with Crippen LogP contribution in [-0.4, -0.2) is 87.1 Å². The van der Waals surface area contributed by atoms with Gasteiger partial charge in [0.1, 0.15) is 0 Å². The summed E-state index contributed by atoms with van der Waals surface area (Å²) in [6.07, 6.45) is 0.446. The molecule has 3 heterocycles. The Kier molecular flexibility index (Phi) is 6.14. The summed E-state index contributed by atoms with van der Waals surface area (Å²) >= 11 is 0. The van der Waals surface area contributed by atoms with Gasteiger partial charge in [0.05, 0.1) is 17.1 Å². The summed E-state index contributed by atoms with van der Waals surface area (Å²) in [6.45, 7) is 4.63. The van der Waals surface area contributed by atoms with E-state index in [4.69, 9.17) is 4.74 Å². The normalized spacial score (nSPS) is 27.0. The second-order valence-corrected chi connectivity index (χ2v) is 12.1. The molecule has 31 heavy (non-hydrogen) atoms. The third kappa shape index (κ3) is 4.50. The zero-order valence-electron chi connectivity index (χ0n) is 17.7. The molecule has 2 unspecified atom stereocenters. The number of anilines is 1. The number of piperazine rings is 1. The highest BCUT2D eigenvalue weighted by Gasteiger charge is 2.38. The largest absolute Gasteiger partial charge is 0.373 e. The van der Waals surface area contributed by atoms with Gasteiger partial charge in [-0.1, -0.05) is 0 Å². The maximum atomic E-state index is 13.1. The van der Waals surface area contributed by atoms with Gasteiger partial charge in [-0.05, 0) is 44.0 Å². The maximum Gasteiger partial charge on any atom is 0.282 e. The third-order valence-electron chi connectivity index (χ3n) is 5.85. The standard InChI is InChI=1S/C19H28N4O6S2/c1-14-12-23(13-15(2)29-14)31(27,28)22-9-7-21(8-10-22)30(25,26)17-4-5-18-16(11-17)3-6-19(24)20-18/h4-5,11,14-15H,3,6-10,12-13H2,1-2H3,(H,20,24). The SMILES string of the molecule is CC1CN(S(=O)(=O)N2CCN(S(=O)(=O)c3ccc4c(c3)CCC(=O)N4)CC2)CC(C)O1. The minimum absolute atomic E-state index is 0.0792. The van der Waals surface area contributed by atoms with Crippen molar-refractivity contribution in [3.05, 3.63) is 23.8 Å². The number of sulfonamides is 1. The van der Waals surface area contributed by atoms with Crippen molar-refractivity contribution in [2.45, 2.75) is 43.8 Å². The smallest absolute Gasteiger partial charge is 0.282 e. The summed E-state index contributed by atoms with van der Waals surface area (Å²) in [5.74, 6) is -0.0792. The molecule has 1 aromatic carbocycles. The van der Waals surface area contributed by atoms with Crippen LogP contribution in [0.15, 0.2) is 23.1 Å². The van der Waals surface area contributed by atoms with Crippen LogP contribution >= 0.6 is 0 Å². The lowest BCUT2D eigenvalue weighted by Crippen LogP contribution is -2.57. The third-order valence-corrected chi connectivity index (χ3v) is 9.71. The Morgan fingerprint density at radius 3 is 2.16 bits per heavy atom. The molecular formula is C19H28N4O6S2. The number of carbonyl (C=O) groups excluding carboxylic acids is 1. The molecule has 4 rings (SSSR count). The first-order valence-corrected chi connectivity index (χ1v) is 13.2. The number of nitrogens with one attached hydrogen (secondary N) is 1. The molecule has 0 bridgehead atoms. The van der Waals surface area contributed by atoms with Crippen molar-refractivity contribution in [1.29, 1.82) is 0 Å². The lowest BCUT2D eigenvalue weighted by molar-refractivity contribution is -0.116. The van der Waals surface area contributed by atoms with Gasteiger partial charge in [0.15, 0.2) is 0 Å². The van der Waals surface area contributed by atoms with Crippen LogP contribution in [0, 0.1) is 0 Å². The van der Waals surface area contributed by atoms with Crippen LogP contribution in [0.25, 0.3) is 0 Å². The number of aryl methyl sites for hydroxylation is 1. The van der Waals surface area contributed by atoms with Crippen molar-refractivity contribution in [2.24, 2.45) is 0 Å². The molecule has 172 valence electrons. The number of hydrogen-bond acceptors (Lipinski definition) is 6. The second-order valence-electron chi connectivity index (χ2n) is 8.25. The van der Waals surface area contributed by atoms with Gasteiger partial charge in [-0.2, -0.15) is 21.3 Å². The first kappa shape index (κ1) is 22.6. The van der Waals surface area contributed by atoms with Crippen LogP contribution < -0.4 is 5.32 Å². The topological polar surface area (TPSA) is 116 Å². The Hall–Kier alpha value is -1.57. The fourth-order valence-corrected chi connectivity index (χ4v) is 7.51. The molecule has 12 heteroatoms. The molecule has 2 saturated heterocycles. The van der Waals surface area contributed by atoms with Crippen LogP contribution in [0.5, 0.6) is 0 Å². The van der Waals surface area contributed by atoms with Crippen LogP contribution in [0.3, 0.4) is 0 Å². The van der Waals surface area contributed by atoms with Gasteiger partial charge in [0.25, 0.3) is 10.2 Å². The zero-order chi connectivity index (χ0) is 22.4. The molecule has 2 atom stereocenters. The molecule has 0 aromatic heterocycles. The number of benzene rings is 1. The van der Waals surface area contributed by atoms with E-state index in [0.717, 1.165) is 5.56 Å². The summed E-state index contributed by atoms with van der Waals surface area (Å²) in [5.41, 5.74) is 1.43. The van der Waals surface area contributed by atoms with E-state index in [9.17, 15) is 21.6 Å². The fraction of sp³-hybridized carbons (Fsp3) is 0.632. The second kappa shape index (κ2) is 8.41. The van der Waals surface area contributed by atoms with Crippen LogP contribution in [-0.2, 0) is 36.2 Å². The van der Waals surface area contributed by atoms with Gasteiger partial charge in [-0.25, -0.2) is 8.42 Å². The van der Waals surface area contributed by atoms with E-state index in [2.05, 4.69) is 5.32 Å². The predicted octanol–water partition coefficient (Wildman–Crippen LogP) is 0.232. The lowest BCUT2D eigenvalue weighted by Gasteiger charge is -2.40. The van der Waals surface area contributed by atoms with E-state index in [1.165, 1.54) is 19.0 Å². The molecule has 3 aliphatic rings. The van der Waals surface area contributed by atoms with Crippen LogP contribution in [0.4, 0.5) is 5.69 Å². The highest BCUT2D eigenvalue weighted by Crippen LogP contribution is 2.28. The van der Waals surface area contributed by atoms with E-state index in [1.807, 2.05) is 13.8 Å². The number of ether oxygens (including phenoxy) is 1.